The number of likely N-dealkylation sites (tertiary alicyclic amines) is 1. The number of carbonyl (C=O) groups excluding carboxylic acids is 1. The minimum absolute atomic E-state index is 0.0105. The maximum absolute atomic E-state index is 12.9. The molecule has 0 spiro atoms. The molecule has 2 atom stereocenters. The molecular weight excluding hydrogens is 372 g/mol. The average molecular weight is 405 g/mol. The third kappa shape index (κ3) is 5.07. The van der Waals surface area contributed by atoms with Crippen molar-refractivity contribution in [1.82, 2.24) is 21.1 Å². The Balaban J connectivity index is 1.25. The minimum atomic E-state index is -0.0959. The van der Waals surface area contributed by atoms with Gasteiger partial charge < -0.3 is 10.2 Å². The molecule has 2 unspecified atom stereocenters. The fraction of sp³-hybridized carbons (Fsp3) is 0.682. The van der Waals surface area contributed by atoms with E-state index in [0.29, 0.717) is 12.6 Å². The highest BCUT2D eigenvalue weighted by molar-refractivity contribution is 6.30. The molecule has 1 saturated carbocycles. The summed E-state index contributed by atoms with van der Waals surface area (Å²) in [6.45, 7) is 4.14. The second kappa shape index (κ2) is 9.57. The van der Waals surface area contributed by atoms with Gasteiger partial charge in [0.15, 0.2) is 0 Å². The molecule has 0 bridgehead atoms. The number of piperidine rings is 1. The van der Waals surface area contributed by atoms with Gasteiger partial charge >= 0.3 is 0 Å². The fourth-order valence-corrected chi connectivity index (χ4v) is 5.16. The first-order valence-electron chi connectivity index (χ1n) is 11.0. The van der Waals surface area contributed by atoms with Crippen LogP contribution in [0.15, 0.2) is 24.3 Å². The van der Waals surface area contributed by atoms with Gasteiger partial charge in [-0.05, 0) is 49.3 Å². The number of nitrogens with one attached hydrogen (secondary N) is 3. The monoisotopic (exact) mass is 404 g/mol. The molecular formula is C22H33ClN4O. The van der Waals surface area contributed by atoms with Crippen LogP contribution in [0.4, 0.5) is 0 Å². The first-order chi connectivity index (χ1) is 13.7. The Morgan fingerprint density at radius 2 is 1.79 bits per heavy atom. The molecule has 2 saturated heterocycles. The number of nitrogens with zero attached hydrogens (tertiary/aromatic N) is 1. The van der Waals surface area contributed by atoms with Gasteiger partial charge in [0.1, 0.15) is 0 Å². The zero-order chi connectivity index (χ0) is 19.3. The smallest absolute Gasteiger partial charge is 0.226 e. The molecule has 1 aromatic rings. The third-order valence-electron chi connectivity index (χ3n) is 6.72. The van der Waals surface area contributed by atoms with E-state index < -0.39 is 0 Å². The predicted octanol–water partition coefficient (Wildman–Crippen LogP) is 3.27. The molecule has 1 aromatic carbocycles. The summed E-state index contributed by atoms with van der Waals surface area (Å²) >= 11 is 6.00. The van der Waals surface area contributed by atoms with Crippen molar-refractivity contribution < 1.29 is 4.79 Å². The normalized spacial score (nSPS) is 27.8. The summed E-state index contributed by atoms with van der Waals surface area (Å²) in [4.78, 5) is 15.6. The predicted molar refractivity (Wildman–Crippen MR) is 113 cm³/mol. The van der Waals surface area contributed by atoms with Gasteiger partial charge in [0.25, 0.3) is 0 Å². The van der Waals surface area contributed by atoms with Gasteiger partial charge in [0.2, 0.25) is 5.91 Å². The van der Waals surface area contributed by atoms with Gasteiger partial charge in [-0.25, -0.2) is 5.43 Å². The Morgan fingerprint density at radius 1 is 1.07 bits per heavy atom. The fourth-order valence-electron chi connectivity index (χ4n) is 5.03. The summed E-state index contributed by atoms with van der Waals surface area (Å²) in [5, 5.41) is 4.04. The molecule has 3 aliphatic rings. The molecule has 3 fully saturated rings. The Hall–Kier alpha value is -1.14. The van der Waals surface area contributed by atoms with Gasteiger partial charge in [0.05, 0.1) is 12.0 Å². The lowest BCUT2D eigenvalue weighted by molar-refractivity contribution is -0.126. The second-order valence-electron chi connectivity index (χ2n) is 8.75. The number of halogens is 1. The summed E-state index contributed by atoms with van der Waals surface area (Å²) in [7, 11) is 0. The molecule has 154 valence electrons. The van der Waals surface area contributed by atoms with E-state index in [2.05, 4.69) is 21.1 Å². The van der Waals surface area contributed by atoms with E-state index in [-0.39, 0.29) is 17.9 Å². The zero-order valence-electron chi connectivity index (χ0n) is 16.6. The lowest BCUT2D eigenvalue weighted by atomic mass is 9.88. The van der Waals surface area contributed by atoms with Crippen molar-refractivity contribution in [2.75, 3.05) is 26.2 Å². The third-order valence-corrected chi connectivity index (χ3v) is 6.97. The van der Waals surface area contributed by atoms with Crippen molar-refractivity contribution in [3.05, 3.63) is 34.9 Å². The lowest BCUT2D eigenvalue weighted by Gasteiger charge is -2.36. The summed E-state index contributed by atoms with van der Waals surface area (Å²) < 4.78 is 0. The Morgan fingerprint density at radius 3 is 2.50 bits per heavy atom. The van der Waals surface area contributed by atoms with Crippen LogP contribution >= 0.6 is 11.6 Å². The highest BCUT2D eigenvalue weighted by Gasteiger charge is 2.35. The summed E-state index contributed by atoms with van der Waals surface area (Å²) in [6.07, 6.45) is 9.20. The Kier molecular flexibility index (Phi) is 6.89. The Labute approximate surface area is 173 Å². The Bertz CT molecular complexity index is 638. The van der Waals surface area contributed by atoms with Crippen molar-refractivity contribution in [2.24, 2.45) is 11.8 Å². The van der Waals surface area contributed by atoms with E-state index in [1.807, 2.05) is 24.3 Å². The van der Waals surface area contributed by atoms with E-state index in [1.165, 1.54) is 38.6 Å². The van der Waals surface area contributed by atoms with Gasteiger partial charge in [-0.1, -0.05) is 43.0 Å². The summed E-state index contributed by atoms with van der Waals surface area (Å²) in [5.41, 5.74) is 7.50. The molecule has 0 aromatic heterocycles. The second-order valence-corrected chi connectivity index (χ2v) is 9.18. The van der Waals surface area contributed by atoms with E-state index in [9.17, 15) is 4.79 Å². The number of hydrogen-bond donors (Lipinski definition) is 3. The van der Waals surface area contributed by atoms with Crippen LogP contribution < -0.4 is 16.2 Å². The summed E-state index contributed by atoms with van der Waals surface area (Å²) in [6, 6.07) is 8.06. The quantitative estimate of drug-likeness (QED) is 0.705. The van der Waals surface area contributed by atoms with Crippen molar-refractivity contribution in [3.8, 4) is 0 Å². The van der Waals surface area contributed by atoms with Gasteiger partial charge in [-0.2, -0.15) is 0 Å². The van der Waals surface area contributed by atoms with Crippen LogP contribution in [0.1, 0.15) is 56.6 Å². The van der Waals surface area contributed by atoms with Crippen LogP contribution in [0.5, 0.6) is 0 Å². The van der Waals surface area contributed by atoms with Crippen LogP contribution in [0.25, 0.3) is 0 Å². The van der Waals surface area contributed by atoms with Crippen LogP contribution in [-0.4, -0.2) is 43.0 Å². The minimum Gasteiger partial charge on any atom is -0.353 e. The van der Waals surface area contributed by atoms with Crippen LogP contribution in [-0.2, 0) is 4.79 Å². The van der Waals surface area contributed by atoms with Crippen molar-refractivity contribution >= 4 is 17.5 Å². The van der Waals surface area contributed by atoms with Gasteiger partial charge in [-0.15, -0.1) is 0 Å². The number of hydrazine groups is 1. The van der Waals surface area contributed by atoms with Crippen LogP contribution in [0, 0.1) is 11.8 Å². The molecule has 1 aliphatic carbocycles. The highest BCUT2D eigenvalue weighted by Crippen LogP contribution is 2.28. The number of benzene rings is 1. The molecule has 2 heterocycles. The summed E-state index contributed by atoms with van der Waals surface area (Å²) in [5.74, 6) is 0.959. The van der Waals surface area contributed by atoms with E-state index in [1.54, 1.807) is 0 Å². The number of rotatable bonds is 5. The standard InChI is InChI=1S/C22H33ClN4O/c23-18-8-6-17(7-9-18)21-20(14-24-26-21)22(28)25-19-10-12-27(13-11-19)15-16-4-2-1-3-5-16/h6-9,16,19-21,24,26H,1-5,10-15H2,(H,25,28). The molecule has 6 heteroatoms. The van der Waals surface area contributed by atoms with E-state index in [0.717, 1.165) is 42.4 Å². The van der Waals surface area contributed by atoms with Gasteiger partial charge in [0, 0.05) is 37.2 Å². The highest BCUT2D eigenvalue weighted by atomic mass is 35.5. The number of amides is 1. The molecule has 1 amide bonds. The van der Waals surface area contributed by atoms with Gasteiger partial charge in [-0.3, -0.25) is 10.2 Å². The molecule has 0 radical (unpaired) electrons. The topological polar surface area (TPSA) is 56.4 Å². The molecule has 4 rings (SSSR count). The van der Waals surface area contributed by atoms with Crippen LogP contribution in [0.3, 0.4) is 0 Å². The molecule has 28 heavy (non-hydrogen) atoms. The van der Waals surface area contributed by atoms with Crippen molar-refractivity contribution in [3.63, 3.8) is 0 Å². The molecule has 3 N–H and O–H groups in total. The maximum Gasteiger partial charge on any atom is 0.226 e. The first kappa shape index (κ1) is 20.1. The maximum atomic E-state index is 12.9. The average Bonchev–Trinajstić information content (AvgIpc) is 3.21. The van der Waals surface area contributed by atoms with Crippen LogP contribution in [0.2, 0.25) is 5.02 Å². The molecule has 5 nitrogen and oxygen atoms in total. The van der Waals surface area contributed by atoms with Crippen molar-refractivity contribution in [1.29, 1.82) is 0 Å². The largest absolute Gasteiger partial charge is 0.353 e. The van der Waals surface area contributed by atoms with Crippen molar-refractivity contribution in [2.45, 2.75) is 57.0 Å². The zero-order valence-corrected chi connectivity index (χ0v) is 17.4. The number of carbonyl (C=O) groups is 1. The first-order valence-corrected chi connectivity index (χ1v) is 11.3. The van der Waals surface area contributed by atoms with E-state index >= 15 is 0 Å². The van der Waals surface area contributed by atoms with E-state index in [4.69, 9.17) is 11.6 Å². The lowest BCUT2D eigenvalue weighted by Crippen LogP contribution is -2.48. The molecule has 2 aliphatic heterocycles. The number of hydrogen-bond acceptors (Lipinski definition) is 4. The SMILES string of the molecule is O=C(NC1CCN(CC2CCCCC2)CC1)C1CNNC1c1ccc(Cl)cc1.